The van der Waals surface area contributed by atoms with E-state index in [1.165, 1.54) is 29.3 Å². The maximum atomic E-state index is 12.9. The molecule has 0 bridgehead atoms. The molecule has 2 N–H and O–H groups in total. The van der Waals surface area contributed by atoms with Crippen LogP contribution in [0.2, 0.25) is 5.02 Å². The molecule has 0 radical (unpaired) electrons. The van der Waals surface area contributed by atoms with Gasteiger partial charge in [-0.15, -0.1) is 0 Å². The SMILES string of the molecule is O=C(NN=Cc1ccc(OCC(=O)N2CCc3ccccc3C2)c2ccccc12)c1ccc(O)c(Cl)c1. The van der Waals surface area contributed by atoms with Crippen molar-refractivity contribution in [1.82, 2.24) is 10.3 Å². The fourth-order valence-corrected chi connectivity index (χ4v) is 4.53. The van der Waals surface area contributed by atoms with Crippen molar-refractivity contribution < 1.29 is 19.4 Å². The first-order valence-electron chi connectivity index (χ1n) is 11.8. The van der Waals surface area contributed by atoms with Crippen molar-refractivity contribution in [3.05, 3.63) is 106 Å². The summed E-state index contributed by atoms with van der Waals surface area (Å²) >= 11 is 5.87. The molecule has 5 rings (SSSR count). The van der Waals surface area contributed by atoms with Gasteiger partial charge in [0.2, 0.25) is 0 Å². The Morgan fingerprint density at radius 3 is 2.57 bits per heavy atom. The highest BCUT2D eigenvalue weighted by molar-refractivity contribution is 6.32. The molecule has 37 heavy (non-hydrogen) atoms. The molecule has 4 aromatic rings. The largest absolute Gasteiger partial charge is 0.506 e. The third kappa shape index (κ3) is 5.42. The Morgan fingerprint density at radius 1 is 1.00 bits per heavy atom. The van der Waals surface area contributed by atoms with Gasteiger partial charge in [-0.25, -0.2) is 5.43 Å². The molecule has 0 saturated carbocycles. The average molecular weight is 514 g/mol. The van der Waals surface area contributed by atoms with Crippen LogP contribution in [0.1, 0.15) is 27.0 Å². The number of benzene rings is 4. The zero-order chi connectivity index (χ0) is 25.8. The summed E-state index contributed by atoms with van der Waals surface area (Å²) in [6.07, 6.45) is 2.39. The number of halogens is 1. The standard InChI is InChI=1S/C29H24ClN3O4/c30-25-15-20(9-11-26(25)34)29(36)32-31-16-21-10-12-27(24-8-4-3-7-23(21)24)37-18-28(35)33-14-13-19-5-1-2-6-22(19)17-33/h1-12,15-16,34H,13-14,17-18H2,(H,32,36). The number of fused-ring (bicyclic) bond motifs is 2. The van der Waals surface area contributed by atoms with Gasteiger partial charge in [-0.2, -0.15) is 5.10 Å². The van der Waals surface area contributed by atoms with Crippen LogP contribution in [0.4, 0.5) is 0 Å². The molecule has 1 heterocycles. The number of aromatic hydroxyl groups is 1. The Balaban J connectivity index is 1.26. The minimum Gasteiger partial charge on any atom is -0.506 e. The van der Waals surface area contributed by atoms with Crippen LogP contribution in [-0.2, 0) is 17.8 Å². The molecule has 0 saturated heterocycles. The lowest BCUT2D eigenvalue weighted by atomic mass is 10.00. The summed E-state index contributed by atoms with van der Waals surface area (Å²) < 4.78 is 5.96. The third-order valence-corrected chi connectivity index (χ3v) is 6.63. The van der Waals surface area contributed by atoms with E-state index >= 15 is 0 Å². The molecule has 7 nitrogen and oxygen atoms in total. The Labute approximate surface area is 218 Å². The highest BCUT2D eigenvalue weighted by atomic mass is 35.5. The quantitative estimate of drug-likeness (QED) is 0.282. The van der Waals surface area contributed by atoms with Crippen molar-refractivity contribution in [2.24, 2.45) is 5.10 Å². The maximum Gasteiger partial charge on any atom is 0.271 e. The molecule has 0 fully saturated rings. The van der Waals surface area contributed by atoms with Crippen molar-refractivity contribution in [2.45, 2.75) is 13.0 Å². The lowest BCUT2D eigenvalue weighted by Gasteiger charge is -2.28. The molecule has 0 atom stereocenters. The molecule has 186 valence electrons. The van der Waals surface area contributed by atoms with E-state index in [-0.39, 0.29) is 28.8 Å². The molecule has 0 aromatic heterocycles. The van der Waals surface area contributed by atoms with Gasteiger partial charge in [0.05, 0.1) is 11.2 Å². The van der Waals surface area contributed by atoms with E-state index in [4.69, 9.17) is 16.3 Å². The molecule has 4 aromatic carbocycles. The molecule has 0 aliphatic carbocycles. The molecule has 1 aliphatic heterocycles. The zero-order valence-electron chi connectivity index (χ0n) is 19.9. The van der Waals surface area contributed by atoms with Gasteiger partial charge < -0.3 is 14.7 Å². The van der Waals surface area contributed by atoms with Gasteiger partial charge in [0, 0.05) is 29.6 Å². The van der Waals surface area contributed by atoms with Crippen molar-refractivity contribution in [2.75, 3.05) is 13.2 Å². The Bertz CT molecular complexity index is 1520. The van der Waals surface area contributed by atoms with E-state index in [1.807, 2.05) is 47.4 Å². The van der Waals surface area contributed by atoms with Crippen LogP contribution in [-0.4, -0.2) is 41.2 Å². The average Bonchev–Trinajstić information content (AvgIpc) is 2.93. The highest BCUT2D eigenvalue weighted by Crippen LogP contribution is 2.28. The topological polar surface area (TPSA) is 91.2 Å². The number of carbonyl (C=O) groups is 2. The molecular weight excluding hydrogens is 490 g/mol. The van der Waals surface area contributed by atoms with Gasteiger partial charge in [0.25, 0.3) is 11.8 Å². The lowest BCUT2D eigenvalue weighted by molar-refractivity contribution is -0.134. The number of nitrogens with one attached hydrogen (secondary N) is 1. The van der Waals surface area contributed by atoms with Crippen LogP contribution in [0.5, 0.6) is 11.5 Å². The molecule has 0 spiro atoms. The second kappa shape index (κ2) is 10.7. The predicted octanol–water partition coefficient (Wildman–Crippen LogP) is 4.93. The number of hydrogen-bond acceptors (Lipinski definition) is 5. The lowest BCUT2D eigenvalue weighted by Crippen LogP contribution is -2.38. The summed E-state index contributed by atoms with van der Waals surface area (Å²) in [7, 11) is 0. The van der Waals surface area contributed by atoms with Crippen LogP contribution in [0.3, 0.4) is 0 Å². The van der Waals surface area contributed by atoms with Crippen LogP contribution < -0.4 is 10.2 Å². The number of nitrogens with zero attached hydrogens (tertiary/aromatic N) is 2. The fourth-order valence-electron chi connectivity index (χ4n) is 4.35. The van der Waals surface area contributed by atoms with Crippen LogP contribution >= 0.6 is 11.6 Å². The second-order valence-corrected chi connectivity index (χ2v) is 9.09. The van der Waals surface area contributed by atoms with Crippen molar-refractivity contribution in [1.29, 1.82) is 0 Å². The summed E-state index contributed by atoms with van der Waals surface area (Å²) in [4.78, 5) is 27.0. The summed E-state index contributed by atoms with van der Waals surface area (Å²) in [6.45, 7) is 1.22. The molecule has 1 aliphatic rings. The number of ether oxygens (including phenoxy) is 1. The van der Waals surface area contributed by atoms with Crippen LogP contribution in [0, 0.1) is 0 Å². The first-order chi connectivity index (χ1) is 18.0. The van der Waals surface area contributed by atoms with E-state index in [0.29, 0.717) is 18.8 Å². The van der Waals surface area contributed by atoms with E-state index in [2.05, 4.69) is 22.7 Å². The minimum absolute atomic E-state index is 0.0507. The normalized spacial score (nSPS) is 12.9. The van der Waals surface area contributed by atoms with Crippen molar-refractivity contribution in [3.8, 4) is 11.5 Å². The summed E-state index contributed by atoms with van der Waals surface area (Å²) in [6, 6.07) is 23.6. The first kappa shape index (κ1) is 24.3. The summed E-state index contributed by atoms with van der Waals surface area (Å²) in [5.74, 6) is -0.0118. The number of phenols is 1. The van der Waals surface area contributed by atoms with E-state index in [9.17, 15) is 14.7 Å². The zero-order valence-corrected chi connectivity index (χ0v) is 20.6. The monoisotopic (exact) mass is 513 g/mol. The Morgan fingerprint density at radius 2 is 1.76 bits per heavy atom. The van der Waals surface area contributed by atoms with Gasteiger partial charge in [0.15, 0.2) is 6.61 Å². The van der Waals surface area contributed by atoms with Gasteiger partial charge in [-0.05, 0) is 53.3 Å². The van der Waals surface area contributed by atoms with Gasteiger partial charge >= 0.3 is 0 Å². The fraction of sp³-hybridized carbons (Fsp3) is 0.138. The smallest absolute Gasteiger partial charge is 0.271 e. The number of phenolic OH excluding ortho intramolecular Hbond substituents is 1. The Hall–Kier alpha value is -4.36. The molecular formula is C29H24ClN3O4. The third-order valence-electron chi connectivity index (χ3n) is 6.33. The number of hydrogen-bond donors (Lipinski definition) is 2. The maximum absolute atomic E-state index is 12.9. The predicted molar refractivity (Wildman–Crippen MR) is 143 cm³/mol. The highest BCUT2D eigenvalue weighted by Gasteiger charge is 2.21. The van der Waals surface area contributed by atoms with E-state index < -0.39 is 5.91 Å². The van der Waals surface area contributed by atoms with Gasteiger partial charge in [-0.3, -0.25) is 9.59 Å². The molecule has 0 unspecified atom stereocenters. The van der Waals surface area contributed by atoms with Gasteiger partial charge in [0.1, 0.15) is 11.5 Å². The van der Waals surface area contributed by atoms with Gasteiger partial charge in [-0.1, -0.05) is 60.1 Å². The number of rotatable bonds is 6. The first-order valence-corrected chi connectivity index (χ1v) is 12.2. The number of amides is 2. The Kier molecular flexibility index (Phi) is 7.05. The second-order valence-electron chi connectivity index (χ2n) is 8.69. The van der Waals surface area contributed by atoms with E-state index in [1.54, 1.807) is 12.3 Å². The van der Waals surface area contributed by atoms with Crippen molar-refractivity contribution in [3.63, 3.8) is 0 Å². The molecule has 8 heteroatoms. The summed E-state index contributed by atoms with van der Waals surface area (Å²) in [5.41, 5.74) is 5.98. The minimum atomic E-state index is -0.457. The molecule has 2 amide bonds. The van der Waals surface area contributed by atoms with Crippen molar-refractivity contribution >= 4 is 40.4 Å². The summed E-state index contributed by atoms with van der Waals surface area (Å²) in [5, 5.41) is 15.4. The van der Waals surface area contributed by atoms with E-state index in [0.717, 1.165) is 22.8 Å². The number of hydrazone groups is 1. The van der Waals surface area contributed by atoms with Crippen LogP contribution in [0.25, 0.3) is 10.8 Å². The number of carbonyl (C=O) groups excluding carboxylic acids is 2. The van der Waals surface area contributed by atoms with Crippen LogP contribution in [0.15, 0.2) is 84.0 Å².